The van der Waals surface area contributed by atoms with E-state index in [0.717, 1.165) is 11.4 Å². The van der Waals surface area contributed by atoms with Crippen LogP contribution >= 0.6 is 15.9 Å². The first-order chi connectivity index (χ1) is 14.8. The van der Waals surface area contributed by atoms with Crippen molar-refractivity contribution >= 4 is 39.9 Å². The Balaban J connectivity index is 1.53. The predicted octanol–water partition coefficient (Wildman–Crippen LogP) is 2.93. The third-order valence-electron chi connectivity index (χ3n) is 5.96. The van der Waals surface area contributed by atoms with Crippen molar-refractivity contribution in [2.75, 3.05) is 13.7 Å². The van der Waals surface area contributed by atoms with E-state index in [2.05, 4.69) is 21.0 Å². The molecule has 1 aromatic carbocycles. The molecule has 4 rings (SSSR count). The van der Waals surface area contributed by atoms with Gasteiger partial charge in [0.2, 0.25) is 0 Å². The minimum absolute atomic E-state index is 0.135. The van der Waals surface area contributed by atoms with Crippen molar-refractivity contribution in [1.29, 1.82) is 0 Å². The molecule has 164 valence electrons. The van der Waals surface area contributed by atoms with E-state index < -0.39 is 12.1 Å². The second-order valence-electron chi connectivity index (χ2n) is 7.77. The summed E-state index contributed by atoms with van der Waals surface area (Å²) in [6.07, 6.45) is 5.59. The Morgan fingerprint density at radius 3 is 2.45 bits per heavy atom. The van der Waals surface area contributed by atoms with Gasteiger partial charge in [-0.1, -0.05) is 12.2 Å². The SMILES string of the molecule is CCOC(=O)[C@@H](C)Oc1cc(Br)c(C=NN2C(=O)[C@@H]3[C@H](C2=O)[C@H]2C=C[C@H]3C2)cc1OC. The van der Waals surface area contributed by atoms with Gasteiger partial charge in [0.15, 0.2) is 17.6 Å². The average molecular weight is 491 g/mol. The lowest BCUT2D eigenvalue weighted by molar-refractivity contribution is -0.150. The van der Waals surface area contributed by atoms with Crippen LogP contribution < -0.4 is 9.47 Å². The van der Waals surface area contributed by atoms with Crippen LogP contribution in [-0.2, 0) is 19.1 Å². The molecular formula is C22H23BrN2O6. The van der Waals surface area contributed by atoms with Gasteiger partial charge in [0, 0.05) is 10.0 Å². The van der Waals surface area contributed by atoms with E-state index in [1.807, 2.05) is 12.2 Å². The normalized spacial score (nSPS) is 27.2. The molecule has 0 aromatic heterocycles. The molecule has 2 bridgehead atoms. The number of nitrogens with zero attached hydrogens (tertiary/aromatic N) is 2. The number of carbonyl (C=O) groups excluding carboxylic acids is 3. The zero-order valence-electron chi connectivity index (χ0n) is 17.4. The largest absolute Gasteiger partial charge is 0.493 e. The highest BCUT2D eigenvalue weighted by molar-refractivity contribution is 9.10. The van der Waals surface area contributed by atoms with Gasteiger partial charge in [-0.05, 0) is 60.2 Å². The first-order valence-corrected chi connectivity index (χ1v) is 11.0. The van der Waals surface area contributed by atoms with Crippen LogP contribution in [0.1, 0.15) is 25.8 Å². The molecule has 5 atom stereocenters. The van der Waals surface area contributed by atoms with E-state index in [-0.39, 0.29) is 42.1 Å². The van der Waals surface area contributed by atoms with Crippen LogP contribution in [0.3, 0.4) is 0 Å². The van der Waals surface area contributed by atoms with Crippen LogP contribution in [0.25, 0.3) is 0 Å². The summed E-state index contributed by atoms with van der Waals surface area (Å²) in [5.41, 5.74) is 0.590. The standard InChI is InChI=1S/C22H23BrN2O6/c1-4-30-22(28)11(2)31-17-9-15(23)14(8-16(17)29-3)10-24-25-20(26)18-12-5-6-13(7-12)19(18)21(25)27/h5-6,8-13,18-19H,4,7H2,1-3H3/t11-,12+,13+,18-,19+/m1/s1. The molecule has 1 aromatic rings. The molecule has 0 radical (unpaired) electrons. The summed E-state index contributed by atoms with van der Waals surface area (Å²) in [5, 5.41) is 5.19. The molecule has 31 heavy (non-hydrogen) atoms. The number of amides is 2. The number of hydrazone groups is 1. The second-order valence-corrected chi connectivity index (χ2v) is 8.62. The Morgan fingerprint density at radius 2 is 1.87 bits per heavy atom. The lowest BCUT2D eigenvalue weighted by Gasteiger charge is -2.17. The van der Waals surface area contributed by atoms with Crippen molar-refractivity contribution in [3.05, 3.63) is 34.3 Å². The van der Waals surface area contributed by atoms with Crippen molar-refractivity contribution in [1.82, 2.24) is 5.01 Å². The Hall–Kier alpha value is -2.68. The van der Waals surface area contributed by atoms with E-state index in [4.69, 9.17) is 14.2 Å². The maximum atomic E-state index is 12.8. The molecule has 2 fully saturated rings. The van der Waals surface area contributed by atoms with Gasteiger partial charge in [0.1, 0.15) is 0 Å². The molecule has 1 saturated carbocycles. The zero-order chi connectivity index (χ0) is 22.3. The second kappa shape index (κ2) is 8.45. The summed E-state index contributed by atoms with van der Waals surface area (Å²) in [6, 6.07) is 3.29. The van der Waals surface area contributed by atoms with Crippen LogP contribution in [0.4, 0.5) is 0 Å². The fraction of sp³-hybridized carbons (Fsp3) is 0.455. The number of benzene rings is 1. The average Bonchev–Trinajstić information content (AvgIpc) is 3.42. The van der Waals surface area contributed by atoms with Gasteiger partial charge in [-0.3, -0.25) is 9.59 Å². The topological polar surface area (TPSA) is 94.5 Å². The molecule has 0 unspecified atom stereocenters. The van der Waals surface area contributed by atoms with Gasteiger partial charge >= 0.3 is 5.97 Å². The minimum atomic E-state index is -0.816. The third-order valence-corrected chi connectivity index (χ3v) is 6.65. The van der Waals surface area contributed by atoms with Gasteiger partial charge in [0.25, 0.3) is 11.8 Å². The van der Waals surface area contributed by atoms with E-state index in [1.165, 1.54) is 13.3 Å². The lowest BCUT2D eigenvalue weighted by atomic mass is 9.85. The Labute approximate surface area is 188 Å². The van der Waals surface area contributed by atoms with Crippen molar-refractivity contribution in [3.63, 3.8) is 0 Å². The number of fused-ring (bicyclic) bond motifs is 5. The number of allylic oxidation sites excluding steroid dienone is 2. The van der Waals surface area contributed by atoms with Crippen molar-refractivity contribution in [3.8, 4) is 11.5 Å². The van der Waals surface area contributed by atoms with Crippen molar-refractivity contribution in [2.45, 2.75) is 26.4 Å². The molecule has 3 aliphatic rings. The highest BCUT2D eigenvalue weighted by Gasteiger charge is 2.59. The molecule has 1 saturated heterocycles. The molecule has 2 aliphatic carbocycles. The molecule has 0 spiro atoms. The Kier molecular flexibility index (Phi) is 5.88. The van der Waals surface area contributed by atoms with E-state index in [9.17, 15) is 14.4 Å². The summed E-state index contributed by atoms with van der Waals surface area (Å²) in [7, 11) is 1.48. The van der Waals surface area contributed by atoms with Crippen molar-refractivity contribution in [2.24, 2.45) is 28.8 Å². The van der Waals surface area contributed by atoms with E-state index in [0.29, 0.717) is 21.5 Å². The number of imide groups is 1. The molecule has 2 amide bonds. The maximum absolute atomic E-state index is 12.8. The summed E-state index contributed by atoms with van der Waals surface area (Å²) in [4.78, 5) is 37.4. The molecule has 8 nitrogen and oxygen atoms in total. The number of halogens is 1. The lowest BCUT2D eigenvalue weighted by Crippen LogP contribution is -2.28. The highest BCUT2D eigenvalue weighted by Crippen LogP contribution is 2.52. The zero-order valence-corrected chi connectivity index (χ0v) is 19.0. The number of methoxy groups -OCH3 is 1. The molecule has 9 heteroatoms. The fourth-order valence-electron chi connectivity index (χ4n) is 4.52. The Morgan fingerprint density at radius 1 is 1.23 bits per heavy atom. The first kappa shape index (κ1) is 21.5. The summed E-state index contributed by atoms with van der Waals surface area (Å²) < 4.78 is 16.6. The summed E-state index contributed by atoms with van der Waals surface area (Å²) >= 11 is 3.44. The number of esters is 1. The van der Waals surface area contributed by atoms with Crippen LogP contribution in [0.2, 0.25) is 0 Å². The molecule has 1 aliphatic heterocycles. The fourth-order valence-corrected chi connectivity index (χ4v) is 4.94. The van der Waals surface area contributed by atoms with Gasteiger partial charge in [-0.25, -0.2) is 4.79 Å². The van der Waals surface area contributed by atoms with Gasteiger partial charge < -0.3 is 14.2 Å². The van der Waals surface area contributed by atoms with Crippen LogP contribution in [-0.4, -0.2) is 48.8 Å². The quantitative estimate of drug-likeness (QED) is 0.252. The highest BCUT2D eigenvalue weighted by atomic mass is 79.9. The van der Waals surface area contributed by atoms with Crippen molar-refractivity contribution < 1.29 is 28.6 Å². The van der Waals surface area contributed by atoms with Crippen LogP contribution in [0.5, 0.6) is 11.5 Å². The monoisotopic (exact) mass is 490 g/mol. The number of ether oxygens (including phenoxy) is 3. The van der Waals surface area contributed by atoms with E-state index in [1.54, 1.807) is 26.0 Å². The van der Waals surface area contributed by atoms with Crippen LogP contribution in [0.15, 0.2) is 33.9 Å². The number of rotatable bonds is 7. The van der Waals surface area contributed by atoms with Crippen LogP contribution in [0, 0.1) is 23.7 Å². The van der Waals surface area contributed by atoms with E-state index >= 15 is 0 Å². The minimum Gasteiger partial charge on any atom is -0.493 e. The van der Waals surface area contributed by atoms with Gasteiger partial charge in [0.05, 0.1) is 31.8 Å². The predicted molar refractivity (Wildman–Crippen MR) is 115 cm³/mol. The molecular weight excluding hydrogens is 468 g/mol. The van der Waals surface area contributed by atoms with Gasteiger partial charge in [-0.15, -0.1) is 0 Å². The molecule has 1 heterocycles. The molecule has 0 N–H and O–H groups in total. The Bertz CT molecular complexity index is 960. The third kappa shape index (κ3) is 3.75. The maximum Gasteiger partial charge on any atom is 0.347 e. The number of hydrogen-bond acceptors (Lipinski definition) is 7. The van der Waals surface area contributed by atoms with Gasteiger partial charge in [-0.2, -0.15) is 10.1 Å². The number of carbonyl (C=O) groups is 3. The summed E-state index contributed by atoms with van der Waals surface area (Å²) in [5.74, 6) is -0.560. The summed E-state index contributed by atoms with van der Waals surface area (Å²) in [6.45, 7) is 3.57. The number of hydrogen-bond donors (Lipinski definition) is 0. The smallest absolute Gasteiger partial charge is 0.347 e. The first-order valence-electron chi connectivity index (χ1n) is 10.2.